The van der Waals surface area contributed by atoms with E-state index in [2.05, 4.69) is 10.3 Å². The molecule has 0 saturated heterocycles. The molecule has 4 aliphatic rings. The largest absolute Gasteiger partial charge is 0.507 e. The van der Waals surface area contributed by atoms with E-state index in [1.807, 2.05) is 64.8 Å². The third-order valence-electron chi connectivity index (χ3n) is 13.7. The highest BCUT2D eigenvalue weighted by atomic mass is 16.7. The minimum Gasteiger partial charge on any atom is -0.507 e. The molecule has 0 spiro atoms. The Balaban J connectivity index is 1.40. The van der Waals surface area contributed by atoms with E-state index in [4.69, 9.17) is 33.1 Å². The summed E-state index contributed by atoms with van der Waals surface area (Å²) in [7, 11) is 3.34. The predicted octanol–water partition coefficient (Wildman–Crippen LogP) is 7.84. The topological polar surface area (TPSA) is 229 Å². The van der Waals surface area contributed by atoms with Gasteiger partial charge in [-0.15, -0.1) is 0 Å². The molecular weight excluding hydrogens is 889 g/mol. The molecule has 3 aromatic rings. The van der Waals surface area contributed by atoms with Crippen LogP contribution in [0.4, 0.5) is 11.5 Å². The fraction of sp³-hybridized carbons (Fsp3) is 0.423. The molecule has 1 aliphatic carbocycles. The van der Waals surface area contributed by atoms with Crippen LogP contribution < -0.4 is 25.1 Å². The van der Waals surface area contributed by atoms with Crippen LogP contribution in [0.5, 0.6) is 23.0 Å². The highest BCUT2D eigenvalue weighted by Gasteiger charge is 2.50. The lowest BCUT2D eigenvalue weighted by molar-refractivity contribution is -0.157. The summed E-state index contributed by atoms with van der Waals surface area (Å²) in [6, 6.07) is 8.35. The lowest BCUT2D eigenvalue weighted by Crippen LogP contribution is -2.43. The Morgan fingerprint density at radius 2 is 1.72 bits per heavy atom. The van der Waals surface area contributed by atoms with E-state index in [0.29, 0.717) is 6.54 Å². The maximum atomic E-state index is 14.8. The van der Waals surface area contributed by atoms with Crippen molar-refractivity contribution in [2.24, 2.45) is 29.6 Å². The molecule has 9 atom stereocenters. The number of esters is 1. The Morgan fingerprint density at radius 3 is 2.41 bits per heavy atom. The fourth-order valence-electron chi connectivity index (χ4n) is 9.16. The summed E-state index contributed by atoms with van der Waals surface area (Å²) in [6.07, 6.45) is 7.19. The number of likely N-dealkylation sites (N-methyl/N-ethyl adjacent to an activating group) is 1. The van der Waals surface area contributed by atoms with Crippen molar-refractivity contribution >= 4 is 51.0 Å². The average Bonchev–Trinajstić information content (AvgIpc) is 3.59. The van der Waals surface area contributed by atoms with Crippen molar-refractivity contribution in [2.45, 2.75) is 86.4 Å². The van der Waals surface area contributed by atoms with E-state index < -0.39 is 64.5 Å². The molecule has 2 aromatic carbocycles. The van der Waals surface area contributed by atoms with Crippen molar-refractivity contribution in [1.82, 2.24) is 9.97 Å². The summed E-state index contributed by atoms with van der Waals surface area (Å²) >= 11 is 0. The number of phenols is 2. The second-order valence-corrected chi connectivity index (χ2v) is 18.3. The summed E-state index contributed by atoms with van der Waals surface area (Å²) in [5.41, 5.74) is -1.57. The monoisotopic (exact) mass is 948 g/mol. The van der Waals surface area contributed by atoms with Crippen LogP contribution >= 0.6 is 0 Å². The van der Waals surface area contributed by atoms with Gasteiger partial charge in [0.05, 0.1) is 36.0 Å². The quantitative estimate of drug-likeness (QED) is 0.0692. The van der Waals surface area contributed by atoms with E-state index in [-0.39, 0.29) is 97.6 Å². The molecule has 0 radical (unpaired) electrons. The van der Waals surface area contributed by atoms with Gasteiger partial charge in [0.1, 0.15) is 58.4 Å². The number of nitrogens with one attached hydrogen (secondary N) is 1. The Labute approximate surface area is 399 Å². The molecule has 17 nitrogen and oxygen atoms in total. The first-order chi connectivity index (χ1) is 32.7. The molecule has 17 heteroatoms. The summed E-state index contributed by atoms with van der Waals surface area (Å²) < 4.78 is 36.6. The zero-order chi connectivity index (χ0) is 50.2. The maximum absolute atomic E-state index is 14.8. The van der Waals surface area contributed by atoms with Gasteiger partial charge in [-0.25, -0.2) is 9.97 Å². The highest BCUT2D eigenvalue weighted by Crippen LogP contribution is 2.51. The molecule has 4 N–H and O–H groups in total. The number of aromatic nitrogens is 2. The minimum atomic E-state index is -2.07. The SMILES string of the molecule is CO[C@H]1/C=C/O[C@@]2(C)Oc3c(C)c(O)c4c(=O)c(c5oc6cc(OCCN(C)c7ccccn7)cc(O)c6nc-5c4c3C2=O)NC(=O)/C(C)=C\C=C\[C@H](C)[C@H](O)[C@@H](C)[C@@H](C)[C@@H](C)[C@H](OC(C)=O)[C@@H]1C. The third-order valence-corrected chi connectivity index (χ3v) is 13.7. The molecule has 0 unspecified atom stereocenters. The number of methoxy groups -OCH3 is 1. The highest BCUT2D eigenvalue weighted by molar-refractivity contribution is 6.22. The van der Waals surface area contributed by atoms with Gasteiger partial charge in [-0.3, -0.25) is 19.2 Å². The standard InChI is InChI=1S/C52H60N4O13/c1-25-15-14-16-26(2)51(63)55-43-46(61)39-38(42-49(43)68-36-24-33(23-34(58)41(36)54-42)65-22-20-56(10)37-17-12-13-19-53-37)40-48(31(7)45(39)60)69-52(9,50(40)62)66-21-18-35(64-11)30(6)47(67-32(8)57)29(5)27(3)28(4)44(25)59/h12-19,21,23-25,27-30,35,44,47,58-60H,20,22H2,1-11H3,(H,55,63)/b15-14+,21-18+,26-16-/t25-,27+,28-,29+,30+,35-,44-,47-,52-/m0/s1. The molecule has 4 bridgehead atoms. The van der Waals surface area contributed by atoms with Crippen molar-refractivity contribution in [2.75, 3.05) is 37.5 Å². The number of ether oxygens (including phenoxy) is 5. The number of aliphatic hydroxyl groups excluding tert-OH is 1. The fourth-order valence-corrected chi connectivity index (χ4v) is 9.16. The van der Waals surface area contributed by atoms with E-state index in [1.54, 1.807) is 24.4 Å². The number of benzene rings is 3. The Kier molecular flexibility index (Phi) is 14.4. The summed E-state index contributed by atoms with van der Waals surface area (Å²) in [5.74, 6) is -5.96. The Morgan fingerprint density at radius 1 is 0.986 bits per heavy atom. The van der Waals surface area contributed by atoms with E-state index in [1.165, 1.54) is 59.3 Å². The molecular formula is C52H60N4O13. The number of pyridine rings is 1. The first-order valence-corrected chi connectivity index (χ1v) is 22.9. The van der Waals surface area contributed by atoms with Crippen LogP contribution in [0.3, 0.4) is 0 Å². The van der Waals surface area contributed by atoms with Gasteiger partial charge < -0.3 is 53.6 Å². The van der Waals surface area contributed by atoms with Crippen LogP contribution in [0.15, 0.2) is 81.9 Å². The van der Waals surface area contributed by atoms with E-state index in [9.17, 15) is 34.5 Å². The number of hydrogen-bond donors (Lipinski definition) is 4. The summed E-state index contributed by atoms with van der Waals surface area (Å²) in [6.45, 7) is 15.9. The summed E-state index contributed by atoms with van der Waals surface area (Å²) in [4.78, 5) is 67.2. The van der Waals surface area contributed by atoms with Crippen LogP contribution in [0.25, 0.3) is 33.3 Å². The first kappa shape index (κ1) is 49.9. The van der Waals surface area contributed by atoms with Gasteiger partial charge in [-0.1, -0.05) is 58.9 Å². The molecule has 1 aromatic heterocycles. The molecule has 3 aliphatic heterocycles. The van der Waals surface area contributed by atoms with Crippen LogP contribution in [-0.4, -0.2) is 94.4 Å². The number of nitrogens with zero attached hydrogens (tertiary/aromatic N) is 3. The normalized spacial score (nSPS) is 27.3. The van der Waals surface area contributed by atoms with Gasteiger partial charge in [0, 0.05) is 74.7 Å². The van der Waals surface area contributed by atoms with Crippen LogP contribution in [0, 0.1) is 36.5 Å². The van der Waals surface area contributed by atoms with Gasteiger partial charge in [-0.05, 0) is 49.8 Å². The zero-order valence-corrected chi connectivity index (χ0v) is 40.6. The lowest BCUT2D eigenvalue weighted by Gasteiger charge is -2.39. The molecule has 0 saturated carbocycles. The number of aliphatic hydroxyl groups is 1. The van der Waals surface area contributed by atoms with Crippen molar-refractivity contribution in [3.63, 3.8) is 0 Å². The van der Waals surface area contributed by atoms with Crippen molar-refractivity contribution < 1.29 is 57.8 Å². The lowest BCUT2D eigenvalue weighted by atomic mass is 9.73. The number of ketones is 1. The second-order valence-electron chi connectivity index (χ2n) is 18.3. The number of hydrogen-bond acceptors (Lipinski definition) is 16. The summed E-state index contributed by atoms with van der Waals surface area (Å²) in [5, 5.41) is 37.0. The zero-order valence-electron chi connectivity index (χ0n) is 40.6. The first-order valence-electron chi connectivity index (χ1n) is 22.9. The van der Waals surface area contributed by atoms with Gasteiger partial charge in [0.15, 0.2) is 11.3 Å². The molecule has 4 heterocycles. The second kappa shape index (κ2) is 19.9. The maximum Gasteiger partial charge on any atom is 0.312 e. The number of carbonyl (C=O) groups excluding carboxylic acids is 3. The van der Waals surface area contributed by atoms with Crippen LogP contribution in [0.2, 0.25) is 0 Å². The number of anilines is 2. The number of amides is 1. The predicted molar refractivity (Wildman–Crippen MR) is 259 cm³/mol. The van der Waals surface area contributed by atoms with Gasteiger partial charge in [0.25, 0.3) is 11.7 Å². The van der Waals surface area contributed by atoms with Crippen LogP contribution in [0.1, 0.15) is 71.3 Å². The third kappa shape index (κ3) is 9.57. The van der Waals surface area contributed by atoms with Gasteiger partial charge in [0.2, 0.25) is 5.43 Å². The Bertz CT molecular complexity index is 2910. The molecule has 69 heavy (non-hydrogen) atoms. The van der Waals surface area contributed by atoms with Crippen LogP contribution in [-0.2, 0) is 23.8 Å². The Hall–Kier alpha value is -6.98. The molecule has 7 rings (SSSR count). The molecule has 1 amide bonds. The van der Waals surface area contributed by atoms with E-state index >= 15 is 0 Å². The number of carbonyl (C=O) groups is 3. The van der Waals surface area contributed by atoms with Crippen molar-refractivity contribution in [3.05, 3.63) is 94.0 Å². The average molecular weight is 949 g/mol. The molecule has 0 fully saturated rings. The molecule has 366 valence electrons. The number of aromatic hydroxyl groups is 2. The van der Waals surface area contributed by atoms with E-state index in [0.717, 1.165) is 5.82 Å². The number of rotatable bonds is 7. The minimum absolute atomic E-state index is 0.0277. The smallest absolute Gasteiger partial charge is 0.312 e. The van der Waals surface area contributed by atoms with Crippen molar-refractivity contribution in [1.29, 1.82) is 0 Å². The van der Waals surface area contributed by atoms with Gasteiger partial charge in [-0.2, -0.15) is 0 Å². The van der Waals surface area contributed by atoms with Crippen molar-refractivity contribution in [3.8, 4) is 34.5 Å². The number of allylic oxidation sites excluding steroid dienone is 2. The number of fused-ring (bicyclic) bond motifs is 2. The number of phenolic OH excluding ortho intramolecular Hbond substituents is 2. The van der Waals surface area contributed by atoms with Gasteiger partial charge >= 0.3 is 11.8 Å². The number of Topliss-reactive ketones (excluding diaryl/α,β-unsaturated/α-hetero) is 1.